The highest BCUT2D eigenvalue weighted by atomic mass is 16.7. The quantitative estimate of drug-likeness (QED) is 0.0666. The highest BCUT2D eigenvalue weighted by Crippen LogP contribution is 2.12. The summed E-state index contributed by atoms with van der Waals surface area (Å²) >= 11 is 0. The van der Waals surface area contributed by atoms with Gasteiger partial charge in [-0.1, -0.05) is 142 Å². The Balaban J connectivity index is 3.18. The lowest BCUT2D eigenvalue weighted by atomic mass is 10.1. The van der Waals surface area contributed by atoms with Crippen LogP contribution < -0.4 is 0 Å². The van der Waals surface area contributed by atoms with E-state index in [1.165, 1.54) is 128 Å². The van der Waals surface area contributed by atoms with Crippen LogP contribution in [0, 0.1) is 0 Å². The van der Waals surface area contributed by atoms with Gasteiger partial charge in [0.15, 0.2) is 0 Å². The van der Waals surface area contributed by atoms with E-state index < -0.39 is 6.16 Å². The molecule has 0 N–H and O–H groups in total. The summed E-state index contributed by atoms with van der Waals surface area (Å²) in [7, 11) is 0. The molecule has 0 aromatic rings. The van der Waals surface area contributed by atoms with Crippen LogP contribution in [0.4, 0.5) is 4.79 Å². The maximum Gasteiger partial charge on any atom is 0.508 e. The Kier molecular flexibility index (Phi) is 29.2. The SMILES string of the molecule is CCCCCC/C=C\CCCCCCCCOC(=O)OCCCCCCCCCCCCCC. The molecule has 0 aromatic carbocycles. The van der Waals surface area contributed by atoms with Gasteiger partial charge in [0.05, 0.1) is 13.2 Å². The molecule has 202 valence electrons. The van der Waals surface area contributed by atoms with Gasteiger partial charge in [-0.3, -0.25) is 0 Å². The van der Waals surface area contributed by atoms with E-state index in [1.54, 1.807) is 0 Å². The first-order valence-corrected chi connectivity index (χ1v) is 15.3. The molecule has 0 saturated carbocycles. The summed E-state index contributed by atoms with van der Waals surface area (Å²) in [6.07, 6.45) is 35.1. The maximum atomic E-state index is 11.6. The van der Waals surface area contributed by atoms with Crippen LogP contribution in [0.2, 0.25) is 0 Å². The van der Waals surface area contributed by atoms with Crippen molar-refractivity contribution in [2.75, 3.05) is 13.2 Å². The van der Waals surface area contributed by atoms with E-state index in [0.29, 0.717) is 13.2 Å². The smallest absolute Gasteiger partial charge is 0.434 e. The zero-order chi connectivity index (χ0) is 24.8. The molecule has 0 radical (unpaired) electrons. The number of ether oxygens (including phenoxy) is 2. The summed E-state index contributed by atoms with van der Waals surface area (Å²) in [6.45, 7) is 5.54. The van der Waals surface area contributed by atoms with Crippen LogP contribution in [0.15, 0.2) is 12.2 Å². The van der Waals surface area contributed by atoms with Crippen LogP contribution in [-0.4, -0.2) is 19.4 Å². The third-order valence-corrected chi connectivity index (χ3v) is 6.59. The molecule has 0 spiro atoms. The fourth-order valence-electron chi connectivity index (χ4n) is 4.29. The lowest BCUT2D eigenvalue weighted by Crippen LogP contribution is -2.09. The van der Waals surface area contributed by atoms with E-state index in [1.807, 2.05) is 0 Å². The van der Waals surface area contributed by atoms with Gasteiger partial charge >= 0.3 is 6.16 Å². The second-order valence-electron chi connectivity index (χ2n) is 10.1. The first-order valence-electron chi connectivity index (χ1n) is 15.3. The standard InChI is InChI=1S/C31H60O3/c1-3-5-7-9-11-13-15-17-18-20-22-24-26-28-30-34-31(32)33-29-27-25-23-21-19-16-14-12-10-8-6-4-2/h13,15H,3-12,14,16-30H2,1-2H3/b15-13-. The van der Waals surface area contributed by atoms with Crippen molar-refractivity contribution in [3.63, 3.8) is 0 Å². The molecule has 0 aliphatic rings. The van der Waals surface area contributed by atoms with Crippen LogP contribution in [0.3, 0.4) is 0 Å². The van der Waals surface area contributed by atoms with Crippen molar-refractivity contribution < 1.29 is 14.3 Å². The van der Waals surface area contributed by atoms with Crippen molar-refractivity contribution in [3.8, 4) is 0 Å². The molecule has 34 heavy (non-hydrogen) atoms. The van der Waals surface area contributed by atoms with Gasteiger partial charge in [0.1, 0.15) is 0 Å². The molecule has 0 heterocycles. The van der Waals surface area contributed by atoms with Crippen LogP contribution in [0.1, 0.15) is 168 Å². The lowest BCUT2D eigenvalue weighted by Gasteiger charge is -2.06. The number of hydrogen-bond acceptors (Lipinski definition) is 3. The second kappa shape index (κ2) is 30.0. The Hall–Kier alpha value is -0.990. The average molecular weight is 481 g/mol. The van der Waals surface area contributed by atoms with Crippen LogP contribution >= 0.6 is 0 Å². The van der Waals surface area contributed by atoms with E-state index in [2.05, 4.69) is 26.0 Å². The van der Waals surface area contributed by atoms with Crippen LogP contribution in [0.5, 0.6) is 0 Å². The van der Waals surface area contributed by atoms with E-state index in [0.717, 1.165) is 25.7 Å². The molecule has 0 saturated heterocycles. The molecule has 0 atom stereocenters. The van der Waals surface area contributed by atoms with Gasteiger partial charge < -0.3 is 9.47 Å². The molecular weight excluding hydrogens is 420 g/mol. The minimum absolute atomic E-state index is 0.482. The van der Waals surface area contributed by atoms with Gasteiger partial charge in [-0.05, 0) is 38.5 Å². The highest BCUT2D eigenvalue weighted by Gasteiger charge is 2.03. The van der Waals surface area contributed by atoms with Crippen molar-refractivity contribution in [1.82, 2.24) is 0 Å². The lowest BCUT2D eigenvalue weighted by molar-refractivity contribution is 0.0529. The van der Waals surface area contributed by atoms with Crippen molar-refractivity contribution in [2.24, 2.45) is 0 Å². The Morgan fingerprint density at radius 2 is 0.735 bits per heavy atom. The molecule has 0 rings (SSSR count). The van der Waals surface area contributed by atoms with Crippen molar-refractivity contribution in [1.29, 1.82) is 0 Å². The van der Waals surface area contributed by atoms with Gasteiger partial charge in [-0.15, -0.1) is 0 Å². The van der Waals surface area contributed by atoms with Crippen LogP contribution in [-0.2, 0) is 9.47 Å². The molecular formula is C31H60O3. The van der Waals surface area contributed by atoms with Crippen molar-refractivity contribution in [3.05, 3.63) is 12.2 Å². The van der Waals surface area contributed by atoms with E-state index >= 15 is 0 Å². The van der Waals surface area contributed by atoms with E-state index in [9.17, 15) is 4.79 Å². The largest absolute Gasteiger partial charge is 0.508 e. The number of rotatable bonds is 27. The molecule has 0 amide bonds. The van der Waals surface area contributed by atoms with Gasteiger partial charge in [0.25, 0.3) is 0 Å². The van der Waals surface area contributed by atoms with Crippen molar-refractivity contribution in [2.45, 2.75) is 168 Å². The molecule has 3 nitrogen and oxygen atoms in total. The van der Waals surface area contributed by atoms with E-state index in [4.69, 9.17) is 9.47 Å². The number of carbonyl (C=O) groups excluding carboxylic acids is 1. The second-order valence-corrected chi connectivity index (χ2v) is 10.1. The minimum atomic E-state index is -0.482. The fourth-order valence-corrected chi connectivity index (χ4v) is 4.29. The van der Waals surface area contributed by atoms with Gasteiger partial charge in [0.2, 0.25) is 0 Å². The topological polar surface area (TPSA) is 35.5 Å². The third kappa shape index (κ3) is 29.0. The predicted molar refractivity (Wildman–Crippen MR) is 149 cm³/mol. The predicted octanol–water partition coefficient (Wildman–Crippen LogP) is 11.1. The number of allylic oxidation sites excluding steroid dienone is 2. The zero-order valence-corrected chi connectivity index (χ0v) is 23.3. The summed E-state index contributed by atoms with van der Waals surface area (Å²) in [5.74, 6) is 0. The fraction of sp³-hybridized carbons (Fsp3) is 0.903. The first-order chi connectivity index (χ1) is 16.8. The Morgan fingerprint density at radius 3 is 1.12 bits per heavy atom. The van der Waals surface area contributed by atoms with Gasteiger partial charge in [0, 0.05) is 0 Å². The number of unbranched alkanes of at least 4 members (excludes halogenated alkanes) is 21. The molecule has 0 bridgehead atoms. The van der Waals surface area contributed by atoms with Crippen molar-refractivity contribution >= 4 is 6.16 Å². The maximum absolute atomic E-state index is 11.6. The summed E-state index contributed by atoms with van der Waals surface area (Å²) in [5, 5.41) is 0. The molecule has 0 aliphatic carbocycles. The van der Waals surface area contributed by atoms with E-state index in [-0.39, 0.29) is 0 Å². The molecule has 0 aliphatic heterocycles. The first kappa shape index (κ1) is 33.0. The molecule has 0 fully saturated rings. The summed E-state index contributed by atoms with van der Waals surface area (Å²) in [6, 6.07) is 0. The Bertz CT molecular complexity index is 419. The van der Waals surface area contributed by atoms with Gasteiger partial charge in [-0.2, -0.15) is 0 Å². The highest BCUT2D eigenvalue weighted by molar-refractivity contribution is 5.59. The summed E-state index contributed by atoms with van der Waals surface area (Å²) in [5.41, 5.74) is 0. The monoisotopic (exact) mass is 480 g/mol. The average Bonchev–Trinajstić information content (AvgIpc) is 2.84. The molecule has 0 unspecified atom stereocenters. The zero-order valence-electron chi connectivity index (χ0n) is 23.3. The molecule has 3 heteroatoms. The summed E-state index contributed by atoms with van der Waals surface area (Å²) in [4.78, 5) is 11.6. The van der Waals surface area contributed by atoms with Crippen LogP contribution in [0.25, 0.3) is 0 Å². The number of hydrogen-bond donors (Lipinski definition) is 0. The third-order valence-electron chi connectivity index (χ3n) is 6.59. The Labute approximate surface area is 213 Å². The normalized spacial score (nSPS) is 11.4. The Morgan fingerprint density at radius 1 is 0.441 bits per heavy atom. The van der Waals surface area contributed by atoms with Gasteiger partial charge in [-0.25, -0.2) is 4.79 Å². The molecule has 0 aromatic heterocycles. The number of carbonyl (C=O) groups is 1. The minimum Gasteiger partial charge on any atom is -0.434 e. The summed E-state index contributed by atoms with van der Waals surface area (Å²) < 4.78 is 10.4.